The number of aliphatic hydroxyl groups excluding tert-OH is 2. The molecule has 0 spiro atoms. The average molecular weight is 851 g/mol. The molecular weight excluding hydrogens is 801 g/mol. The summed E-state index contributed by atoms with van der Waals surface area (Å²) in [5, 5.41) is 19.6. The SMILES string of the molecule is Cc1ccc(S(=O)(=O)N(CCO)CCN(CCN(CCN(CCO)S(=O)(=O)c2ccc(C)cc2)S(=O)(=O)c2ccc(C)cc2)S(=O)(=O)c2ccc(C)cc2)cc1. The van der Waals surface area contributed by atoms with Gasteiger partial charge in [0.25, 0.3) is 0 Å². The van der Waals surface area contributed by atoms with Gasteiger partial charge in [0.15, 0.2) is 0 Å². The van der Waals surface area contributed by atoms with Gasteiger partial charge in [-0.15, -0.1) is 0 Å². The van der Waals surface area contributed by atoms with Gasteiger partial charge >= 0.3 is 0 Å². The van der Waals surface area contributed by atoms with Crippen LogP contribution in [-0.2, 0) is 40.1 Å². The fraction of sp³-hybridized carbons (Fsp3) is 0.368. The van der Waals surface area contributed by atoms with Crippen LogP contribution in [0.4, 0.5) is 0 Å². The molecule has 306 valence electrons. The van der Waals surface area contributed by atoms with E-state index in [9.17, 15) is 43.9 Å². The molecule has 18 heteroatoms. The summed E-state index contributed by atoms with van der Waals surface area (Å²) >= 11 is 0. The van der Waals surface area contributed by atoms with E-state index in [0.717, 1.165) is 39.5 Å². The van der Waals surface area contributed by atoms with Crippen LogP contribution < -0.4 is 0 Å². The topological polar surface area (TPSA) is 190 Å². The van der Waals surface area contributed by atoms with Crippen LogP contribution in [0.3, 0.4) is 0 Å². The summed E-state index contributed by atoms with van der Waals surface area (Å²) in [6.45, 7) is 2.88. The minimum Gasteiger partial charge on any atom is -0.395 e. The highest BCUT2D eigenvalue weighted by Crippen LogP contribution is 2.23. The molecule has 4 rings (SSSR count). The van der Waals surface area contributed by atoms with E-state index in [1.807, 2.05) is 0 Å². The van der Waals surface area contributed by atoms with Crippen LogP contribution in [0.5, 0.6) is 0 Å². The van der Waals surface area contributed by atoms with Gasteiger partial charge in [-0.3, -0.25) is 0 Å². The Hall–Kier alpha value is -3.56. The van der Waals surface area contributed by atoms with Gasteiger partial charge in [0.05, 0.1) is 32.8 Å². The van der Waals surface area contributed by atoms with Gasteiger partial charge in [-0.25, -0.2) is 33.7 Å². The molecule has 0 bridgehead atoms. The van der Waals surface area contributed by atoms with E-state index in [1.165, 1.54) is 48.5 Å². The van der Waals surface area contributed by atoms with E-state index >= 15 is 0 Å². The molecule has 0 heterocycles. The van der Waals surface area contributed by atoms with Crippen molar-refractivity contribution < 1.29 is 43.9 Å². The summed E-state index contributed by atoms with van der Waals surface area (Å²) < 4.78 is 116. The van der Waals surface area contributed by atoms with Crippen LogP contribution in [-0.4, -0.2) is 127 Å². The van der Waals surface area contributed by atoms with Gasteiger partial charge in [0, 0.05) is 52.4 Å². The van der Waals surface area contributed by atoms with Crippen molar-refractivity contribution in [3.05, 3.63) is 119 Å². The first-order valence-corrected chi connectivity index (χ1v) is 23.6. The maximum Gasteiger partial charge on any atom is 0.243 e. The highest BCUT2D eigenvalue weighted by atomic mass is 32.2. The van der Waals surface area contributed by atoms with Gasteiger partial charge in [0.2, 0.25) is 40.1 Å². The number of nitrogens with zero attached hydrogens (tertiary/aromatic N) is 4. The van der Waals surface area contributed by atoms with Crippen molar-refractivity contribution in [2.24, 2.45) is 0 Å². The second-order valence-corrected chi connectivity index (χ2v) is 21.1. The Morgan fingerprint density at radius 3 is 0.643 bits per heavy atom. The maximum atomic E-state index is 14.2. The smallest absolute Gasteiger partial charge is 0.243 e. The quantitative estimate of drug-likeness (QED) is 0.126. The maximum absolute atomic E-state index is 14.2. The van der Waals surface area contributed by atoms with E-state index in [-0.39, 0.29) is 45.8 Å². The van der Waals surface area contributed by atoms with Crippen LogP contribution >= 0.6 is 0 Å². The Bertz CT molecular complexity index is 2170. The number of benzene rings is 4. The molecule has 0 aliphatic heterocycles. The van der Waals surface area contributed by atoms with Gasteiger partial charge in [0.1, 0.15) is 0 Å². The lowest BCUT2D eigenvalue weighted by Crippen LogP contribution is -2.47. The standard InChI is InChI=1S/C38H50N4O10S4/c1-31-5-13-35(14-6-31)53(45,46)39(23-25-41(27-29-43)55(49,50)37-17-9-33(3)10-18-37)21-22-40(54(47,48)36-15-7-32(2)8-16-36)24-26-42(28-30-44)56(51,52)38-19-11-34(4)12-20-38/h5-20,43-44H,21-30H2,1-4H3. The first kappa shape index (κ1) is 45.1. The van der Waals surface area contributed by atoms with Crippen molar-refractivity contribution in [3.63, 3.8) is 0 Å². The zero-order valence-electron chi connectivity index (χ0n) is 31.9. The van der Waals surface area contributed by atoms with Gasteiger partial charge in [-0.2, -0.15) is 17.2 Å². The molecule has 14 nitrogen and oxygen atoms in total. The molecule has 0 aromatic heterocycles. The zero-order chi connectivity index (χ0) is 41.3. The third-order valence-corrected chi connectivity index (χ3v) is 16.8. The van der Waals surface area contributed by atoms with Crippen molar-refractivity contribution in [2.75, 3.05) is 65.6 Å². The molecule has 0 fully saturated rings. The zero-order valence-corrected chi connectivity index (χ0v) is 35.2. The fourth-order valence-corrected chi connectivity index (χ4v) is 11.4. The fourth-order valence-electron chi connectivity index (χ4n) is 5.74. The molecule has 0 aliphatic carbocycles. The highest BCUT2D eigenvalue weighted by molar-refractivity contribution is 7.90. The molecule has 4 aromatic carbocycles. The monoisotopic (exact) mass is 850 g/mol. The molecule has 0 aliphatic rings. The molecule has 4 aromatic rings. The summed E-state index contributed by atoms with van der Waals surface area (Å²) in [5.74, 6) is 0. The lowest BCUT2D eigenvalue weighted by Gasteiger charge is -2.30. The molecule has 0 saturated heterocycles. The first-order valence-electron chi connectivity index (χ1n) is 17.8. The van der Waals surface area contributed by atoms with Gasteiger partial charge in [-0.1, -0.05) is 70.8 Å². The second kappa shape index (κ2) is 19.3. The minimum atomic E-state index is -4.37. The lowest BCUT2D eigenvalue weighted by atomic mass is 10.2. The average Bonchev–Trinajstić information content (AvgIpc) is 3.15. The predicted octanol–water partition coefficient (Wildman–Crippen LogP) is 2.97. The third kappa shape index (κ3) is 11.1. The Morgan fingerprint density at radius 1 is 0.321 bits per heavy atom. The van der Waals surface area contributed by atoms with Crippen molar-refractivity contribution in [2.45, 2.75) is 47.3 Å². The van der Waals surface area contributed by atoms with Crippen LogP contribution in [0.15, 0.2) is 117 Å². The summed E-state index contributed by atoms with van der Waals surface area (Å²) in [5.41, 5.74) is 3.23. The number of aryl methyl sites for hydroxylation is 4. The molecule has 0 radical (unpaired) electrons. The molecule has 0 saturated carbocycles. The van der Waals surface area contributed by atoms with Gasteiger partial charge < -0.3 is 10.2 Å². The Morgan fingerprint density at radius 2 is 0.482 bits per heavy atom. The Balaban J connectivity index is 1.72. The van der Waals surface area contributed by atoms with Crippen molar-refractivity contribution in [1.82, 2.24) is 17.2 Å². The van der Waals surface area contributed by atoms with Crippen molar-refractivity contribution >= 4 is 40.1 Å². The van der Waals surface area contributed by atoms with E-state index in [1.54, 1.807) is 76.2 Å². The van der Waals surface area contributed by atoms with Gasteiger partial charge in [-0.05, 0) is 76.2 Å². The lowest BCUT2D eigenvalue weighted by molar-refractivity contribution is 0.239. The van der Waals surface area contributed by atoms with E-state index in [0.29, 0.717) is 0 Å². The number of aliphatic hydroxyl groups is 2. The van der Waals surface area contributed by atoms with E-state index in [4.69, 9.17) is 0 Å². The van der Waals surface area contributed by atoms with Crippen molar-refractivity contribution in [1.29, 1.82) is 0 Å². The molecular formula is C38H50N4O10S4. The number of rotatable bonds is 21. The Kier molecular flexibility index (Phi) is 15.5. The highest BCUT2D eigenvalue weighted by Gasteiger charge is 2.33. The van der Waals surface area contributed by atoms with E-state index < -0.39 is 79.5 Å². The van der Waals surface area contributed by atoms with Crippen LogP contribution in [0.2, 0.25) is 0 Å². The molecule has 2 N–H and O–H groups in total. The Labute approximate surface area is 331 Å². The summed E-state index contributed by atoms with van der Waals surface area (Å²) in [6, 6.07) is 24.2. The molecule has 56 heavy (non-hydrogen) atoms. The van der Waals surface area contributed by atoms with E-state index in [2.05, 4.69) is 0 Å². The third-order valence-electron chi connectivity index (χ3n) is 9.13. The second-order valence-electron chi connectivity index (χ2n) is 13.3. The molecule has 0 atom stereocenters. The van der Waals surface area contributed by atoms with Crippen LogP contribution in [0.1, 0.15) is 22.3 Å². The van der Waals surface area contributed by atoms with Crippen LogP contribution in [0, 0.1) is 27.7 Å². The first-order chi connectivity index (χ1) is 26.3. The number of sulfonamides is 4. The minimum absolute atomic E-state index is 0.0483. The molecule has 0 amide bonds. The largest absolute Gasteiger partial charge is 0.395 e. The summed E-state index contributed by atoms with van der Waals surface area (Å²) in [7, 11) is -17.1. The van der Waals surface area contributed by atoms with Crippen molar-refractivity contribution in [3.8, 4) is 0 Å². The summed E-state index contributed by atoms with van der Waals surface area (Å²) in [6.07, 6.45) is 0. The number of hydrogen-bond acceptors (Lipinski definition) is 10. The van der Waals surface area contributed by atoms with Crippen LogP contribution in [0.25, 0.3) is 0 Å². The number of hydrogen-bond donors (Lipinski definition) is 2. The normalized spacial score (nSPS) is 13.0. The molecule has 0 unspecified atom stereocenters. The predicted molar refractivity (Wildman–Crippen MR) is 214 cm³/mol. The summed E-state index contributed by atoms with van der Waals surface area (Å²) in [4.78, 5) is -0.310.